The lowest BCUT2D eigenvalue weighted by atomic mass is 10.0. The fraction of sp³-hybridized carbons (Fsp3) is 0.154. The first-order chi connectivity index (χ1) is 14.3. The zero-order valence-electron chi connectivity index (χ0n) is 16.6. The Hall–Kier alpha value is -3.46. The first-order valence-corrected chi connectivity index (χ1v) is 10.2. The summed E-state index contributed by atoms with van der Waals surface area (Å²) in [4.78, 5) is 3.38. The van der Waals surface area contributed by atoms with Crippen molar-refractivity contribution in [3.8, 4) is 0 Å². The second kappa shape index (κ2) is 7.51. The molecule has 0 unspecified atom stereocenters. The molecule has 4 aromatic rings. The number of para-hydroxylation sites is 2. The molecule has 0 radical (unpaired) electrons. The molecule has 5 rings (SSSR count). The molecule has 2 heterocycles. The Morgan fingerprint density at radius 1 is 0.931 bits per heavy atom. The number of nitrogens with one attached hydrogen (secondary N) is 2. The highest BCUT2D eigenvalue weighted by molar-refractivity contribution is 5.83. The zero-order chi connectivity index (χ0) is 19.6. The van der Waals surface area contributed by atoms with Crippen LogP contribution in [0.1, 0.15) is 29.2 Å². The first-order valence-electron chi connectivity index (χ1n) is 10.2. The summed E-state index contributed by atoms with van der Waals surface area (Å²) in [6.45, 7) is 2.14. The smallest absolute Gasteiger partial charge is 0.0808 e. The predicted molar refractivity (Wildman–Crippen MR) is 121 cm³/mol. The Morgan fingerprint density at radius 2 is 1.69 bits per heavy atom. The number of benzene rings is 3. The maximum atomic E-state index is 3.67. The van der Waals surface area contributed by atoms with Crippen LogP contribution in [0.25, 0.3) is 10.9 Å². The molecule has 144 valence electrons. The highest BCUT2D eigenvalue weighted by atomic mass is 15.5. The number of rotatable bonds is 4. The number of hydrazine groups is 1. The lowest BCUT2D eigenvalue weighted by molar-refractivity contribution is 0.685. The average molecular weight is 380 g/mol. The number of aryl methyl sites for hydroxylation is 1. The third-order valence-electron chi connectivity index (χ3n) is 5.73. The Morgan fingerprint density at radius 3 is 2.52 bits per heavy atom. The topological polar surface area (TPSA) is 31.1 Å². The summed E-state index contributed by atoms with van der Waals surface area (Å²) in [5, 5.41) is 3.60. The van der Waals surface area contributed by atoms with E-state index in [1.54, 1.807) is 0 Å². The third kappa shape index (κ3) is 3.52. The SMILES string of the molecule is Cc1ccc([C@H]2C/C(=C/Cc3c[nH]c4ccccc34)NN2c2ccccc2)cc1. The van der Waals surface area contributed by atoms with Crippen molar-refractivity contribution in [2.45, 2.75) is 25.8 Å². The minimum Gasteiger partial charge on any atom is -0.361 e. The molecule has 1 atom stereocenters. The van der Waals surface area contributed by atoms with E-state index in [1.807, 2.05) is 0 Å². The van der Waals surface area contributed by atoms with E-state index in [0.29, 0.717) is 0 Å². The maximum Gasteiger partial charge on any atom is 0.0808 e. The number of hydrogen-bond donors (Lipinski definition) is 2. The van der Waals surface area contributed by atoms with Gasteiger partial charge in [0, 0.05) is 29.2 Å². The quantitative estimate of drug-likeness (QED) is 0.452. The van der Waals surface area contributed by atoms with Crippen molar-refractivity contribution in [2.24, 2.45) is 0 Å². The summed E-state index contributed by atoms with van der Waals surface area (Å²) in [6.07, 6.45) is 6.35. The highest BCUT2D eigenvalue weighted by Gasteiger charge is 2.29. The molecule has 0 aliphatic carbocycles. The van der Waals surface area contributed by atoms with Gasteiger partial charge < -0.3 is 10.4 Å². The fourth-order valence-electron chi connectivity index (χ4n) is 4.13. The van der Waals surface area contributed by atoms with E-state index >= 15 is 0 Å². The van der Waals surface area contributed by atoms with E-state index in [0.717, 1.165) is 12.8 Å². The van der Waals surface area contributed by atoms with E-state index < -0.39 is 0 Å². The van der Waals surface area contributed by atoms with Crippen LogP contribution in [-0.2, 0) is 6.42 Å². The Kier molecular flexibility index (Phi) is 4.57. The van der Waals surface area contributed by atoms with Crippen LogP contribution in [0.3, 0.4) is 0 Å². The molecule has 1 aromatic heterocycles. The van der Waals surface area contributed by atoms with E-state index in [2.05, 4.69) is 113 Å². The molecule has 0 spiro atoms. The average Bonchev–Trinajstić information content (AvgIpc) is 3.38. The summed E-state index contributed by atoms with van der Waals surface area (Å²) in [7, 11) is 0. The Labute approximate surface area is 171 Å². The minimum absolute atomic E-state index is 0.284. The van der Waals surface area contributed by atoms with Gasteiger partial charge in [0.15, 0.2) is 0 Å². The van der Waals surface area contributed by atoms with Gasteiger partial charge in [0.1, 0.15) is 0 Å². The van der Waals surface area contributed by atoms with Crippen LogP contribution < -0.4 is 10.4 Å². The van der Waals surface area contributed by atoms with Crippen LogP contribution in [0.2, 0.25) is 0 Å². The van der Waals surface area contributed by atoms with Gasteiger partial charge in [-0.1, -0.05) is 72.3 Å². The molecular formula is C26H25N3. The molecule has 0 saturated carbocycles. The number of allylic oxidation sites excluding steroid dienone is 1. The largest absolute Gasteiger partial charge is 0.361 e. The van der Waals surface area contributed by atoms with E-state index in [4.69, 9.17) is 0 Å². The predicted octanol–water partition coefficient (Wildman–Crippen LogP) is 6.06. The number of fused-ring (bicyclic) bond motifs is 1. The van der Waals surface area contributed by atoms with Gasteiger partial charge in [0.25, 0.3) is 0 Å². The van der Waals surface area contributed by atoms with Crippen molar-refractivity contribution in [1.82, 2.24) is 10.4 Å². The molecule has 3 aromatic carbocycles. The highest BCUT2D eigenvalue weighted by Crippen LogP contribution is 2.36. The number of aromatic amines is 1. The second-order valence-electron chi connectivity index (χ2n) is 7.74. The van der Waals surface area contributed by atoms with Gasteiger partial charge in [-0.25, -0.2) is 0 Å². The molecule has 1 saturated heterocycles. The minimum atomic E-state index is 0.284. The van der Waals surface area contributed by atoms with Crippen LogP contribution in [-0.4, -0.2) is 4.98 Å². The van der Waals surface area contributed by atoms with Crippen molar-refractivity contribution >= 4 is 16.6 Å². The molecule has 2 N–H and O–H groups in total. The normalized spacial score (nSPS) is 17.8. The van der Waals surface area contributed by atoms with Crippen LogP contribution in [0.15, 0.2) is 96.8 Å². The van der Waals surface area contributed by atoms with Gasteiger partial charge in [0.2, 0.25) is 0 Å². The van der Waals surface area contributed by atoms with Crippen LogP contribution in [0.4, 0.5) is 5.69 Å². The first kappa shape index (κ1) is 17.6. The zero-order valence-corrected chi connectivity index (χ0v) is 16.6. The summed E-state index contributed by atoms with van der Waals surface area (Å²) >= 11 is 0. The number of anilines is 1. The van der Waals surface area contributed by atoms with E-state index in [1.165, 1.54) is 39.0 Å². The molecule has 1 fully saturated rings. The molecule has 1 aliphatic rings. The molecular weight excluding hydrogens is 354 g/mol. The number of aromatic nitrogens is 1. The second-order valence-corrected chi connectivity index (χ2v) is 7.74. The van der Waals surface area contributed by atoms with Crippen molar-refractivity contribution in [3.05, 3.63) is 114 Å². The summed E-state index contributed by atoms with van der Waals surface area (Å²) in [5.74, 6) is 0. The molecule has 0 amide bonds. The Bertz CT molecular complexity index is 1140. The summed E-state index contributed by atoms with van der Waals surface area (Å²) in [5.41, 5.74) is 11.3. The van der Waals surface area contributed by atoms with Crippen LogP contribution >= 0.6 is 0 Å². The lowest BCUT2D eigenvalue weighted by Gasteiger charge is -2.26. The van der Waals surface area contributed by atoms with Crippen LogP contribution in [0, 0.1) is 6.92 Å². The van der Waals surface area contributed by atoms with Crippen molar-refractivity contribution < 1.29 is 0 Å². The number of H-pyrrole nitrogens is 1. The Balaban J connectivity index is 1.44. The molecule has 3 heteroatoms. The van der Waals surface area contributed by atoms with Gasteiger partial charge in [-0.05, 0) is 42.7 Å². The maximum absolute atomic E-state index is 3.67. The summed E-state index contributed by atoms with van der Waals surface area (Å²) < 4.78 is 0. The van der Waals surface area contributed by atoms with Gasteiger partial charge in [-0.2, -0.15) is 0 Å². The fourth-order valence-corrected chi connectivity index (χ4v) is 4.13. The molecule has 3 nitrogen and oxygen atoms in total. The molecule has 1 aliphatic heterocycles. The summed E-state index contributed by atoms with van der Waals surface area (Å²) in [6, 6.07) is 28.3. The number of hydrogen-bond acceptors (Lipinski definition) is 2. The van der Waals surface area contributed by atoms with Crippen molar-refractivity contribution in [3.63, 3.8) is 0 Å². The van der Waals surface area contributed by atoms with Crippen molar-refractivity contribution in [2.75, 3.05) is 5.01 Å². The van der Waals surface area contributed by atoms with Crippen molar-refractivity contribution in [1.29, 1.82) is 0 Å². The van der Waals surface area contributed by atoms with Gasteiger partial charge >= 0.3 is 0 Å². The van der Waals surface area contributed by atoms with Gasteiger partial charge in [-0.3, -0.25) is 5.01 Å². The standard InChI is InChI=1S/C26H25N3/c1-19-11-13-20(14-12-19)26-17-22(28-29(26)23-7-3-2-4-8-23)16-15-21-18-27-25-10-6-5-9-24(21)25/h2-14,16,18,26-28H,15,17H2,1H3/b22-16-/t26-/m1/s1. The monoisotopic (exact) mass is 379 g/mol. The van der Waals surface area contributed by atoms with Gasteiger partial charge in [0.05, 0.1) is 11.7 Å². The lowest BCUT2D eigenvalue weighted by Crippen LogP contribution is -2.32. The molecule has 29 heavy (non-hydrogen) atoms. The van der Waals surface area contributed by atoms with E-state index in [9.17, 15) is 0 Å². The number of nitrogens with zero attached hydrogens (tertiary/aromatic N) is 1. The third-order valence-corrected chi connectivity index (χ3v) is 5.73. The van der Waals surface area contributed by atoms with E-state index in [-0.39, 0.29) is 6.04 Å². The van der Waals surface area contributed by atoms with Crippen LogP contribution in [0.5, 0.6) is 0 Å². The van der Waals surface area contributed by atoms with Gasteiger partial charge in [-0.15, -0.1) is 0 Å². The molecule has 0 bridgehead atoms.